The van der Waals surface area contributed by atoms with Crippen molar-refractivity contribution >= 4 is 6.03 Å². The largest absolute Gasteiger partial charge is 0.493 e. The number of nitrogens with one attached hydrogen (secondary N) is 2. The zero-order chi connectivity index (χ0) is 20.7. The second-order valence-electron chi connectivity index (χ2n) is 7.13. The fourth-order valence-electron chi connectivity index (χ4n) is 3.62. The maximum absolute atomic E-state index is 13.3. The third-order valence-corrected chi connectivity index (χ3v) is 5.39. The van der Waals surface area contributed by atoms with E-state index in [1.54, 1.807) is 32.4 Å². The normalized spacial score (nSPS) is 15.4. The van der Waals surface area contributed by atoms with Crippen molar-refractivity contribution in [2.75, 3.05) is 34.0 Å². The van der Waals surface area contributed by atoms with Gasteiger partial charge in [0.1, 0.15) is 5.82 Å². The number of benzene rings is 2. The van der Waals surface area contributed by atoms with Crippen LogP contribution in [0.2, 0.25) is 0 Å². The summed E-state index contributed by atoms with van der Waals surface area (Å²) in [5.74, 6) is 0.989. The van der Waals surface area contributed by atoms with Gasteiger partial charge in [-0.1, -0.05) is 18.2 Å². The Balaban J connectivity index is 1.60. The van der Waals surface area contributed by atoms with Crippen LogP contribution in [0, 0.1) is 5.82 Å². The zero-order valence-corrected chi connectivity index (χ0v) is 16.8. The lowest BCUT2D eigenvalue weighted by molar-refractivity contribution is 0.0506. The molecule has 2 aromatic carbocycles. The van der Waals surface area contributed by atoms with Crippen molar-refractivity contribution < 1.29 is 23.4 Å². The molecule has 1 aliphatic rings. The Kier molecular flexibility index (Phi) is 6.93. The summed E-state index contributed by atoms with van der Waals surface area (Å²) in [6, 6.07) is 11.8. The van der Waals surface area contributed by atoms with Crippen LogP contribution in [0.5, 0.6) is 11.5 Å². The van der Waals surface area contributed by atoms with Crippen molar-refractivity contribution in [2.24, 2.45) is 0 Å². The Labute approximate surface area is 170 Å². The molecule has 0 radical (unpaired) electrons. The van der Waals surface area contributed by atoms with Gasteiger partial charge in [0.25, 0.3) is 0 Å². The van der Waals surface area contributed by atoms with Crippen LogP contribution in [0.1, 0.15) is 24.0 Å². The molecule has 0 unspecified atom stereocenters. The fourth-order valence-corrected chi connectivity index (χ4v) is 3.62. The minimum absolute atomic E-state index is 0.257. The number of methoxy groups -OCH3 is 2. The average Bonchev–Trinajstić information content (AvgIpc) is 2.77. The van der Waals surface area contributed by atoms with Crippen LogP contribution < -0.4 is 20.1 Å². The predicted molar refractivity (Wildman–Crippen MR) is 108 cm³/mol. The van der Waals surface area contributed by atoms with Gasteiger partial charge in [-0.3, -0.25) is 0 Å². The molecule has 7 heteroatoms. The number of ether oxygens (including phenoxy) is 3. The van der Waals surface area contributed by atoms with Crippen LogP contribution in [0.15, 0.2) is 42.5 Å². The van der Waals surface area contributed by atoms with Crippen LogP contribution in [0.3, 0.4) is 0 Å². The molecule has 0 spiro atoms. The summed E-state index contributed by atoms with van der Waals surface area (Å²) in [5.41, 5.74) is 1.66. The first-order valence-corrected chi connectivity index (χ1v) is 9.63. The number of urea groups is 1. The van der Waals surface area contributed by atoms with E-state index in [0.717, 1.165) is 24.0 Å². The van der Waals surface area contributed by atoms with Crippen molar-refractivity contribution in [2.45, 2.75) is 24.8 Å². The number of carbonyl (C=O) groups excluding carboxylic acids is 1. The maximum Gasteiger partial charge on any atom is 0.315 e. The van der Waals surface area contributed by atoms with E-state index < -0.39 is 0 Å². The van der Waals surface area contributed by atoms with E-state index in [-0.39, 0.29) is 17.3 Å². The lowest BCUT2D eigenvalue weighted by Gasteiger charge is -2.38. The molecule has 3 rings (SSSR count). The molecule has 156 valence electrons. The standard InChI is InChI=1S/C22H27FN2O4/c1-27-19-8-3-16(13-20(19)28-2)14-24-21(26)25-15-22(9-11-29-12-10-22)17-4-6-18(23)7-5-17/h3-8,13H,9-12,14-15H2,1-2H3,(H2,24,25,26). The van der Waals surface area contributed by atoms with E-state index in [1.807, 2.05) is 12.1 Å². The van der Waals surface area contributed by atoms with E-state index in [4.69, 9.17) is 14.2 Å². The van der Waals surface area contributed by atoms with Gasteiger partial charge in [0.15, 0.2) is 11.5 Å². The molecular weight excluding hydrogens is 375 g/mol. The molecule has 2 aromatic rings. The maximum atomic E-state index is 13.3. The summed E-state index contributed by atoms with van der Waals surface area (Å²) in [7, 11) is 3.15. The van der Waals surface area contributed by atoms with Gasteiger partial charge in [0.05, 0.1) is 14.2 Å². The molecule has 1 heterocycles. The SMILES string of the molecule is COc1ccc(CNC(=O)NCC2(c3ccc(F)cc3)CCOCC2)cc1OC. The third kappa shape index (κ3) is 5.17. The second-order valence-corrected chi connectivity index (χ2v) is 7.13. The van der Waals surface area contributed by atoms with Crippen molar-refractivity contribution in [3.63, 3.8) is 0 Å². The van der Waals surface area contributed by atoms with E-state index in [9.17, 15) is 9.18 Å². The van der Waals surface area contributed by atoms with Gasteiger partial charge in [-0.2, -0.15) is 0 Å². The molecule has 1 saturated heterocycles. The molecule has 29 heavy (non-hydrogen) atoms. The Morgan fingerprint density at radius 1 is 1.03 bits per heavy atom. The van der Waals surface area contributed by atoms with Crippen LogP contribution in [-0.2, 0) is 16.7 Å². The van der Waals surface area contributed by atoms with Crippen molar-refractivity contribution in [3.05, 3.63) is 59.4 Å². The van der Waals surface area contributed by atoms with E-state index in [1.165, 1.54) is 12.1 Å². The number of amides is 2. The zero-order valence-electron chi connectivity index (χ0n) is 16.8. The van der Waals surface area contributed by atoms with E-state index in [0.29, 0.717) is 37.8 Å². The van der Waals surface area contributed by atoms with Crippen molar-refractivity contribution in [1.82, 2.24) is 10.6 Å². The monoisotopic (exact) mass is 402 g/mol. The first-order chi connectivity index (χ1) is 14.1. The predicted octanol–water partition coefficient (Wildman–Crippen LogP) is 3.39. The average molecular weight is 402 g/mol. The van der Waals surface area contributed by atoms with Crippen LogP contribution in [-0.4, -0.2) is 40.0 Å². The summed E-state index contributed by atoms with van der Waals surface area (Å²) in [4.78, 5) is 12.4. The molecule has 0 atom stereocenters. The van der Waals surface area contributed by atoms with Gasteiger partial charge in [0.2, 0.25) is 0 Å². The van der Waals surface area contributed by atoms with Crippen LogP contribution in [0.4, 0.5) is 9.18 Å². The number of rotatable bonds is 7. The Morgan fingerprint density at radius 3 is 2.38 bits per heavy atom. The van der Waals surface area contributed by atoms with Gasteiger partial charge in [-0.15, -0.1) is 0 Å². The highest BCUT2D eigenvalue weighted by atomic mass is 19.1. The van der Waals surface area contributed by atoms with Gasteiger partial charge >= 0.3 is 6.03 Å². The molecule has 6 nitrogen and oxygen atoms in total. The first kappa shape index (κ1) is 20.9. The molecule has 0 aliphatic carbocycles. The minimum atomic E-state index is -0.267. The summed E-state index contributed by atoms with van der Waals surface area (Å²) < 4.78 is 29.3. The van der Waals surface area contributed by atoms with Crippen molar-refractivity contribution in [3.8, 4) is 11.5 Å². The van der Waals surface area contributed by atoms with E-state index in [2.05, 4.69) is 10.6 Å². The summed E-state index contributed by atoms with van der Waals surface area (Å²) in [6.45, 7) is 2.05. The van der Waals surface area contributed by atoms with Gasteiger partial charge in [-0.25, -0.2) is 9.18 Å². The highest BCUT2D eigenvalue weighted by molar-refractivity contribution is 5.74. The second kappa shape index (κ2) is 9.60. The van der Waals surface area contributed by atoms with E-state index >= 15 is 0 Å². The number of halogens is 1. The topological polar surface area (TPSA) is 68.8 Å². The first-order valence-electron chi connectivity index (χ1n) is 9.63. The Morgan fingerprint density at radius 2 is 1.72 bits per heavy atom. The Hall–Kier alpha value is -2.80. The molecule has 1 aliphatic heterocycles. The molecular formula is C22H27FN2O4. The van der Waals surface area contributed by atoms with Crippen LogP contribution in [0.25, 0.3) is 0 Å². The molecule has 0 aromatic heterocycles. The Bertz CT molecular complexity index is 820. The molecule has 2 N–H and O–H groups in total. The summed E-state index contributed by atoms with van der Waals surface area (Å²) in [6.07, 6.45) is 1.54. The highest BCUT2D eigenvalue weighted by Crippen LogP contribution is 2.34. The lowest BCUT2D eigenvalue weighted by Crippen LogP contribution is -2.47. The number of hydrogen-bond acceptors (Lipinski definition) is 4. The quantitative estimate of drug-likeness (QED) is 0.745. The van der Waals surface area contributed by atoms with Gasteiger partial charge < -0.3 is 24.8 Å². The molecule has 2 amide bonds. The number of hydrogen-bond donors (Lipinski definition) is 2. The van der Waals surface area contributed by atoms with Crippen LogP contribution >= 0.6 is 0 Å². The third-order valence-electron chi connectivity index (χ3n) is 5.39. The van der Waals surface area contributed by atoms with Gasteiger partial charge in [-0.05, 0) is 48.2 Å². The molecule has 0 bridgehead atoms. The van der Waals surface area contributed by atoms with Crippen molar-refractivity contribution in [1.29, 1.82) is 0 Å². The molecule has 1 fully saturated rings. The smallest absolute Gasteiger partial charge is 0.315 e. The number of carbonyl (C=O) groups is 1. The van der Waals surface area contributed by atoms with Gasteiger partial charge in [0, 0.05) is 31.7 Å². The fraction of sp³-hybridized carbons (Fsp3) is 0.409. The minimum Gasteiger partial charge on any atom is -0.493 e. The molecule has 0 saturated carbocycles. The summed E-state index contributed by atoms with van der Waals surface area (Å²) in [5, 5.41) is 5.84. The lowest BCUT2D eigenvalue weighted by atomic mass is 9.74. The summed E-state index contributed by atoms with van der Waals surface area (Å²) >= 11 is 0. The highest BCUT2D eigenvalue weighted by Gasteiger charge is 2.34.